The first-order valence-electron chi connectivity index (χ1n) is 8.50. The fourth-order valence-corrected chi connectivity index (χ4v) is 3.13. The summed E-state index contributed by atoms with van der Waals surface area (Å²) in [6, 6.07) is 10.7. The van der Waals surface area contributed by atoms with Crippen molar-refractivity contribution in [1.29, 1.82) is 0 Å². The van der Waals surface area contributed by atoms with Gasteiger partial charge in [-0.2, -0.15) is 0 Å². The number of nitro benzene ring substituents is 1. The normalized spacial score (nSPS) is 11.9. The number of halogens is 4. The van der Waals surface area contributed by atoms with Crippen LogP contribution < -0.4 is 20.7 Å². The molecule has 0 spiro atoms. The molecule has 1 atom stereocenters. The van der Waals surface area contributed by atoms with Gasteiger partial charge in [-0.25, -0.2) is 0 Å². The first-order chi connectivity index (χ1) is 14.5. The highest BCUT2D eigenvalue weighted by Gasteiger charge is 2.34. The Morgan fingerprint density at radius 1 is 1.19 bits per heavy atom. The number of carbonyl (C=O) groups excluding carboxylic acids is 1. The molecule has 0 aliphatic carbocycles. The van der Waals surface area contributed by atoms with Crippen LogP contribution in [0.3, 0.4) is 0 Å². The van der Waals surface area contributed by atoms with Gasteiger partial charge >= 0.3 is 0 Å². The minimum Gasteiger partial charge on any atom is -0.497 e. The molecule has 0 radical (unpaired) electrons. The van der Waals surface area contributed by atoms with E-state index in [0.29, 0.717) is 5.75 Å². The summed E-state index contributed by atoms with van der Waals surface area (Å²) < 4.78 is 3.13. The number of carbonyl (C=O) groups is 1. The quantitative estimate of drug-likeness (QED) is 0.159. The molecule has 0 aliphatic heterocycles. The third kappa shape index (κ3) is 7.86. The molecule has 166 valence electrons. The number of alkyl halides is 3. The van der Waals surface area contributed by atoms with Crippen LogP contribution in [0.15, 0.2) is 42.5 Å². The van der Waals surface area contributed by atoms with E-state index in [4.69, 9.17) is 63.4 Å². The van der Waals surface area contributed by atoms with Crippen LogP contribution in [0.1, 0.15) is 5.56 Å². The van der Waals surface area contributed by atoms with Gasteiger partial charge in [0.15, 0.2) is 5.11 Å². The lowest BCUT2D eigenvalue weighted by atomic mass is 10.1. The number of nitrogens with zero attached hydrogens (tertiary/aromatic N) is 1. The molecule has 13 heteroatoms. The Morgan fingerprint density at radius 2 is 1.84 bits per heavy atom. The summed E-state index contributed by atoms with van der Waals surface area (Å²) in [6.07, 6.45) is -1.16. The highest BCUT2D eigenvalue weighted by Crippen LogP contribution is 2.30. The van der Waals surface area contributed by atoms with Crippen LogP contribution in [0, 0.1) is 10.1 Å². The van der Waals surface area contributed by atoms with Crippen LogP contribution in [0.5, 0.6) is 5.75 Å². The number of ether oxygens (including phenoxy) is 1. The number of benzene rings is 2. The van der Waals surface area contributed by atoms with Gasteiger partial charge in [0.2, 0.25) is 9.70 Å². The monoisotopic (exact) mass is 524 g/mol. The molecule has 31 heavy (non-hydrogen) atoms. The van der Waals surface area contributed by atoms with Crippen molar-refractivity contribution in [3.05, 3.63) is 63.2 Å². The van der Waals surface area contributed by atoms with Crippen LogP contribution in [0.25, 0.3) is 0 Å². The van der Waals surface area contributed by atoms with Crippen LogP contribution in [0.4, 0.5) is 11.4 Å². The maximum absolute atomic E-state index is 12.4. The fourth-order valence-electron chi connectivity index (χ4n) is 2.35. The third-order valence-electron chi connectivity index (χ3n) is 3.84. The van der Waals surface area contributed by atoms with E-state index < -0.39 is 20.8 Å². The summed E-state index contributed by atoms with van der Waals surface area (Å²) in [7, 11) is 1.54. The first-order valence-corrected chi connectivity index (χ1v) is 10.4. The van der Waals surface area contributed by atoms with Gasteiger partial charge in [0.25, 0.3) is 5.69 Å². The SMILES string of the molecule is COc1ccc(CC(=O)NC(NC(=S)Nc2ccc([N+](=O)[O-])cc2Cl)C(Cl)(Cl)Cl)cc1. The molecule has 2 aromatic carbocycles. The molecule has 0 saturated carbocycles. The molecule has 0 aromatic heterocycles. The average Bonchev–Trinajstić information content (AvgIpc) is 2.68. The zero-order valence-corrected chi connectivity index (χ0v) is 19.7. The molecule has 0 saturated heterocycles. The minimum absolute atomic E-state index is 0.0251. The van der Waals surface area contributed by atoms with E-state index in [0.717, 1.165) is 11.6 Å². The summed E-state index contributed by atoms with van der Waals surface area (Å²) in [4.78, 5) is 22.6. The summed E-state index contributed by atoms with van der Waals surface area (Å²) in [5, 5.41) is 18.8. The van der Waals surface area contributed by atoms with Gasteiger partial charge in [0.1, 0.15) is 11.9 Å². The molecule has 8 nitrogen and oxygen atoms in total. The topological polar surface area (TPSA) is 106 Å². The van der Waals surface area contributed by atoms with E-state index in [1.165, 1.54) is 12.1 Å². The number of hydrogen-bond donors (Lipinski definition) is 3. The van der Waals surface area contributed by atoms with Crippen LogP contribution >= 0.6 is 58.6 Å². The number of nitrogens with one attached hydrogen (secondary N) is 3. The summed E-state index contributed by atoms with van der Waals surface area (Å²) in [5.41, 5.74) is 0.830. The molecule has 0 aliphatic rings. The maximum atomic E-state index is 12.4. The van der Waals surface area contributed by atoms with Gasteiger partial charge in [0.05, 0.1) is 29.2 Å². The molecule has 3 N–H and O–H groups in total. The number of nitro groups is 1. The van der Waals surface area contributed by atoms with Crippen molar-refractivity contribution >= 4 is 81.0 Å². The highest BCUT2D eigenvalue weighted by atomic mass is 35.6. The zero-order valence-electron chi connectivity index (χ0n) is 15.8. The van der Waals surface area contributed by atoms with Crippen LogP contribution in [-0.4, -0.2) is 33.0 Å². The van der Waals surface area contributed by atoms with E-state index >= 15 is 0 Å². The molecule has 1 amide bonds. The lowest BCUT2D eigenvalue weighted by molar-refractivity contribution is -0.384. The Morgan fingerprint density at radius 3 is 2.35 bits per heavy atom. The van der Waals surface area contributed by atoms with Gasteiger partial charge in [0, 0.05) is 12.1 Å². The summed E-state index contributed by atoms with van der Waals surface area (Å²) >= 11 is 29.1. The predicted molar refractivity (Wildman–Crippen MR) is 126 cm³/mol. The standard InChI is InChI=1S/C18H16Cl4N4O4S/c1-30-12-5-2-10(3-6-12)8-15(27)24-16(18(20,21)22)25-17(31)23-14-7-4-11(26(28)29)9-13(14)19/h2-7,9,16H,8H2,1H3,(H,24,27)(H2,23,25,31). The van der Waals surface area contributed by atoms with E-state index in [1.54, 1.807) is 31.4 Å². The molecule has 2 rings (SSSR count). The van der Waals surface area contributed by atoms with Crippen LogP contribution in [0.2, 0.25) is 5.02 Å². The Balaban J connectivity index is 2.02. The summed E-state index contributed by atoms with van der Waals surface area (Å²) in [5.74, 6) is 0.233. The van der Waals surface area contributed by atoms with Crippen molar-refractivity contribution in [2.75, 3.05) is 12.4 Å². The summed E-state index contributed by atoms with van der Waals surface area (Å²) in [6.45, 7) is 0. The van der Waals surface area contributed by atoms with Gasteiger partial charge in [-0.05, 0) is 36.0 Å². The average molecular weight is 526 g/mol. The second kappa shape index (κ2) is 11.0. The van der Waals surface area contributed by atoms with E-state index in [9.17, 15) is 14.9 Å². The number of hydrogen-bond acceptors (Lipinski definition) is 5. The smallest absolute Gasteiger partial charge is 0.271 e. The molecular formula is C18H16Cl4N4O4S. The predicted octanol–water partition coefficient (Wildman–Crippen LogP) is 4.60. The van der Waals surface area contributed by atoms with E-state index in [1.807, 2.05) is 0 Å². The van der Waals surface area contributed by atoms with Crippen molar-refractivity contribution in [2.24, 2.45) is 0 Å². The van der Waals surface area contributed by atoms with Crippen LogP contribution in [-0.2, 0) is 11.2 Å². The van der Waals surface area contributed by atoms with E-state index in [2.05, 4.69) is 16.0 Å². The molecule has 2 aromatic rings. The number of anilines is 1. The Kier molecular flexibility index (Phi) is 8.96. The number of amides is 1. The van der Waals surface area contributed by atoms with Crippen molar-refractivity contribution < 1.29 is 14.5 Å². The van der Waals surface area contributed by atoms with Crippen molar-refractivity contribution in [2.45, 2.75) is 16.4 Å². The van der Waals surface area contributed by atoms with Crippen molar-refractivity contribution in [3.63, 3.8) is 0 Å². The maximum Gasteiger partial charge on any atom is 0.271 e. The highest BCUT2D eigenvalue weighted by molar-refractivity contribution is 7.80. The Labute approximate surface area is 203 Å². The molecule has 0 bridgehead atoms. The second-order valence-corrected chi connectivity index (χ2v) is 9.27. The molecular weight excluding hydrogens is 510 g/mol. The Hall–Kier alpha value is -2.04. The van der Waals surface area contributed by atoms with Gasteiger partial charge in [-0.1, -0.05) is 58.5 Å². The van der Waals surface area contributed by atoms with Gasteiger partial charge in [-0.15, -0.1) is 0 Å². The largest absolute Gasteiger partial charge is 0.497 e. The van der Waals surface area contributed by atoms with Gasteiger partial charge < -0.3 is 20.7 Å². The fraction of sp³-hybridized carbons (Fsp3) is 0.222. The number of non-ortho nitro benzene ring substituents is 1. The number of rotatable bonds is 7. The van der Waals surface area contributed by atoms with E-state index in [-0.39, 0.29) is 27.9 Å². The minimum atomic E-state index is -1.94. The van der Waals surface area contributed by atoms with Crippen molar-refractivity contribution in [1.82, 2.24) is 10.6 Å². The third-order valence-corrected chi connectivity index (χ3v) is 5.03. The molecule has 0 heterocycles. The number of thiocarbonyl (C=S) groups is 1. The lowest BCUT2D eigenvalue weighted by Crippen LogP contribution is -2.56. The second-order valence-electron chi connectivity index (χ2n) is 6.09. The first kappa shape index (κ1) is 25.2. The molecule has 0 fully saturated rings. The van der Waals surface area contributed by atoms with Crippen molar-refractivity contribution in [3.8, 4) is 5.75 Å². The van der Waals surface area contributed by atoms with Gasteiger partial charge in [-0.3, -0.25) is 14.9 Å². The Bertz CT molecular complexity index is 970. The lowest BCUT2D eigenvalue weighted by Gasteiger charge is -2.28. The zero-order chi connectivity index (χ0) is 23.2. The number of methoxy groups -OCH3 is 1. The molecule has 1 unspecified atom stereocenters.